The fourth-order valence-corrected chi connectivity index (χ4v) is 3.84. The molecule has 0 saturated heterocycles. The van der Waals surface area contributed by atoms with E-state index in [0.717, 1.165) is 47.8 Å². The van der Waals surface area contributed by atoms with Crippen molar-refractivity contribution in [2.24, 2.45) is 0 Å². The summed E-state index contributed by atoms with van der Waals surface area (Å²) in [6.07, 6.45) is 3.76. The van der Waals surface area contributed by atoms with E-state index in [-0.39, 0.29) is 18.1 Å². The van der Waals surface area contributed by atoms with E-state index >= 15 is 0 Å². The molecule has 0 bridgehead atoms. The van der Waals surface area contributed by atoms with Gasteiger partial charge in [-0.3, -0.25) is 4.79 Å². The average molecular weight is 398 g/mol. The van der Waals surface area contributed by atoms with Gasteiger partial charge in [0.25, 0.3) is 5.91 Å². The zero-order chi connectivity index (χ0) is 19.7. The molecule has 1 N–H and O–H groups in total. The maximum Gasteiger partial charge on any atom is 0.339 e. The van der Waals surface area contributed by atoms with Crippen molar-refractivity contribution in [2.45, 2.75) is 32.6 Å². The Morgan fingerprint density at radius 1 is 1.14 bits per heavy atom. The smallest absolute Gasteiger partial charge is 0.339 e. The second kappa shape index (κ2) is 7.68. The highest BCUT2D eigenvalue weighted by Crippen LogP contribution is 2.29. The molecule has 144 valence electrons. The van der Waals surface area contributed by atoms with Crippen molar-refractivity contribution in [1.82, 2.24) is 0 Å². The van der Waals surface area contributed by atoms with E-state index in [0.29, 0.717) is 22.0 Å². The van der Waals surface area contributed by atoms with Crippen LogP contribution < -0.4 is 15.7 Å². The van der Waals surface area contributed by atoms with Crippen molar-refractivity contribution in [3.63, 3.8) is 0 Å². The van der Waals surface area contributed by atoms with E-state index < -0.39 is 0 Å². The number of nitrogens with one attached hydrogen (secondary N) is 1. The number of carbonyl (C=O) groups excluding carboxylic acids is 1. The molecular formula is C22H20ClNO4. The summed E-state index contributed by atoms with van der Waals surface area (Å²) in [5.74, 6) is 0.201. The molecule has 0 fully saturated rings. The second-order valence-corrected chi connectivity index (χ2v) is 7.44. The molecular weight excluding hydrogens is 378 g/mol. The second-order valence-electron chi connectivity index (χ2n) is 7.01. The van der Waals surface area contributed by atoms with Gasteiger partial charge in [-0.1, -0.05) is 11.6 Å². The van der Waals surface area contributed by atoms with E-state index in [9.17, 15) is 9.59 Å². The first kappa shape index (κ1) is 18.6. The van der Waals surface area contributed by atoms with Gasteiger partial charge >= 0.3 is 5.63 Å². The summed E-state index contributed by atoms with van der Waals surface area (Å²) < 4.78 is 11.1. The fourth-order valence-electron chi connectivity index (χ4n) is 3.62. The van der Waals surface area contributed by atoms with Crippen molar-refractivity contribution in [1.29, 1.82) is 0 Å². The number of rotatable bonds is 4. The Morgan fingerprint density at radius 3 is 2.71 bits per heavy atom. The molecule has 1 amide bonds. The van der Waals surface area contributed by atoms with Gasteiger partial charge in [-0.25, -0.2) is 4.79 Å². The first-order chi connectivity index (χ1) is 13.5. The van der Waals surface area contributed by atoms with Crippen molar-refractivity contribution in [3.05, 3.63) is 68.5 Å². The van der Waals surface area contributed by atoms with Crippen LogP contribution in [-0.2, 0) is 17.6 Å². The fraction of sp³-hybridized carbons (Fsp3) is 0.273. The van der Waals surface area contributed by atoms with E-state index in [1.807, 2.05) is 13.0 Å². The van der Waals surface area contributed by atoms with Crippen LogP contribution in [0.15, 0.2) is 45.6 Å². The van der Waals surface area contributed by atoms with E-state index in [4.69, 9.17) is 20.8 Å². The first-order valence-electron chi connectivity index (χ1n) is 9.29. The van der Waals surface area contributed by atoms with Gasteiger partial charge in [0.15, 0.2) is 6.61 Å². The molecule has 3 aromatic rings. The summed E-state index contributed by atoms with van der Waals surface area (Å²) in [6, 6.07) is 10.6. The molecule has 6 heteroatoms. The number of anilines is 1. The molecule has 0 saturated carbocycles. The number of benzene rings is 2. The van der Waals surface area contributed by atoms with Crippen LogP contribution in [0.3, 0.4) is 0 Å². The molecule has 5 nitrogen and oxygen atoms in total. The third-order valence-electron chi connectivity index (χ3n) is 5.03. The van der Waals surface area contributed by atoms with Crippen molar-refractivity contribution < 1.29 is 13.9 Å². The van der Waals surface area contributed by atoms with E-state index in [1.54, 1.807) is 30.3 Å². The summed E-state index contributed by atoms with van der Waals surface area (Å²) in [5.41, 5.74) is 3.67. The highest BCUT2D eigenvalue weighted by atomic mass is 35.5. The third-order valence-corrected chi connectivity index (χ3v) is 5.26. The molecule has 1 heterocycles. The predicted molar refractivity (Wildman–Crippen MR) is 109 cm³/mol. The van der Waals surface area contributed by atoms with Crippen molar-refractivity contribution in [2.75, 3.05) is 11.9 Å². The Labute approximate surface area is 167 Å². The maximum atomic E-state index is 12.2. The summed E-state index contributed by atoms with van der Waals surface area (Å²) in [6.45, 7) is 1.72. The number of aryl methyl sites for hydroxylation is 2. The van der Waals surface area contributed by atoms with Gasteiger partial charge in [0.05, 0.1) is 0 Å². The number of ether oxygens (including phenoxy) is 1. The van der Waals surface area contributed by atoms with Gasteiger partial charge in [-0.05, 0) is 74.1 Å². The minimum absolute atomic E-state index is 0.150. The Hall–Kier alpha value is -2.79. The lowest BCUT2D eigenvalue weighted by molar-refractivity contribution is -0.118. The Bertz CT molecular complexity index is 1120. The van der Waals surface area contributed by atoms with Crippen molar-refractivity contribution in [3.8, 4) is 5.75 Å². The Kier molecular flexibility index (Phi) is 5.09. The highest BCUT2D eigenvalue weighted by Gasteiger charge is 2.18. The molecule has 0 atom stereocenters. The Balaban J connectivity index is 1.49. The van der Waals surface area contributed by atoms with Crippen LogP contribution in [-0.4, -0.2) is 12.5 Å². The van der Waals surface area contributed by atoms with Crippen LogP contribution in [0.2, 0.25) is 5.02 Å². The quantitative estimate of drug-likeness (QED) is 0.650. The lowest BCUT2D eigenvalue weighted by atomic mass is 9.91. The number of fused-ring (bicyclic) bond motifs is 3. The van der Waals surface area contributed by atoms with Gasteiger partial charge in [-0.2, -0.15) is 0 Å². The summed E-state index contributed by atoms with van der Waals surface area (Å²) in [4.78, 5) is 24.4. The number of carbonyl (C=O) groups is 1. The van der Waals surface area contributed by atoms with E-state index in [1.165, 1.54) is 0 Å². The monoisotopic (exact) mass is 397 g/mol. The molecule has 28 heavy (non-hydrogen) atoms. The van der Waals surface area contributed by atoms with Gasteiger partial charge in [0.1, 0.15) is 11.3 Å². The van der Waals surface area contributed by atoms with Crippen LogP contribution in [0.4, 0.5) is 5.69 Å². The van der Waals surface area contributed by atoms with Gasteiger partial charge in [0.2, 0.25) is 0 Å². The lowest BCUT2D eigenvalue weighted by Crippen LogP contribution is -2.20. The molecule has 1 aliphatic carbocycles. The summed E-state index contributed by atoms with van der Waals surface area (Å²) >= 11 is 5.93. The highest BCUT2D eigenvalue weighted by molar-refractivity contribution is 6.30. The third kappa shape index (κ3) is 3.76. The largest absolute Gasteiger partial charge is 0.484 e. The zero-order valence-corrected chi connectivity index (χ0v) is 16.3. The lowest BCUT2D eigenvalue weighted by Gasteiger charge is -2.16. The standard InChI is InChI=1S/C22H20ClNO4/c1-13-10-14(23)6-9-19(13)24-21(25)12-27-15-7-8-17-16-4-2-3-5-18(16)22(26)28-20(17)11-15/h6-11H,2-5,12H2,1H3,(H,24,25). The SMILES string of the molecule is Cc1cc(Cl)ccc1NC(=O)COc1ccc2c3c(c(=O)oc2c1)CCCC3. The molecule has 0 radical (unpaired) electrons. The predicted octanol–water partition coefficient (Wildman–Crippen LogP) is 4.65. The van der Waals surface area contributed by atoms with Crippen molar-refractivity contribution >= 4 is 34.2 Å². The normalized spacial score (nSPS) is 13.2. The van der Waals surface area contributed by atoms with Crippen LogP contribution in [0.1, 0.15) is 29.5 Å². The molecule has 0 aliphatic heterocycles. The summed E-state index contributed by atoms with van der Waals surface area (Å²) in [5, 5.41) is 4.36. The van der Waals surface area contributed by atoms with Crippen LogP contribution in [0.5, 0.6) is 5.75 Å². The molecule has 1 aliphatic rings. The number of hydrogen-bond donors (Lipinski definition) is 1. The average Bonchev–Trinajstić information content (AvgIpc) is 2.68. The summed E-state index contributed by atoms with van der Waals surface area (Å²) in [7, 11) is 0. The van der Waals surface area contributed by atoms with Gasteiger partial charge < -0.3 is 14.5 Å². The minimum Gasteiger partial charge on any atom is -0.484 e. The topological polar surface area (TPSA) is 68.5 Å². The van der Waals surface area contributed by atoms with Crippen LogP contribution in [0, 0.1) is 6.92 Å². The number of hydrogen-bond acceptors (Lipinski definition) is 4. The van der Waals surface area contributed by atoms with Crippen LogP contribution in [0.25, 0.3) is 11.0 Å². The number of amides is 1. The van der Waals surface area contributed by atoms with Gasteiger partial charge in [0, 0.05) is 27.7 Å². The molecule has 0 unspecified atom stereocenters. The first-order valence-corrected chi connectivity index (χ1v) is 9.66. The minimum atomic E-state index is -0.280. The Morgan fingerprint density at radius 2 is 1.93 bits per heavy atom. The van der Waals surface area contributed by atoms with Crippen LogP contribution >= 0.6 is 11.6 Å². The zero-order valence-electron chi connectivity index (χ0n) is 15.5. The molecule has 2 aromatic carbocycles. The molecule has 1 aromatic heterocycles. The van der Waals surface area contributed by atoms with E-state index in [2.05, 4.69) is 5.32 Å². The van der Waals surface area contributed by atoms with Gasteiger partial charge in [-0.15, -0.1) is 0 Å². The molecule has 4 rings (SSSR count). The number of halogens is 1. The molecule has 0 spiro atoms. The maximum absolute atomic E-state index is 12.2.